The van der Waals surface area contributed by atoms with E-state index in [4.69, 9.17) is 23.7 Å². The van der Waals surface area contributed by atoms with Crippen molar-refractivity contribution in [1.82, 2.24) is 0 Å². The molecule has 6 heteroatoms. The van der Waals surface area contributed by atoms with Crippen molar-refractivity contribution in [2.24, 2.45) is 0 Å². The molecule has 1 aliphatic rings. The van der Waals surface area contributed by atoms with Gasteiger partial charge in [-0.3, -0.25) is 0 Å². The van der Waals surface area contributed by atoms with Crippen LogP contribution in [0.5, 0.6) is 17.2 Å². The van der Waals surface area contributed by atoms with Gasteiger partial charge in [-0.2, -0.15) is 0 Å². The molecule has 1 aliphatic heterocycles. The molecule has 4 rings (SSSR count). The average Bonchev–Trinajstić information content (AvgIpc) is 2.88. The number of rotatable bonds is 9. The zero-order valence-corrected chi connectivity index (χ0v) is 20.1. The summed E-state index contributed by atoms with van der Waals surface area (Å²) < 4.78 is 28.0. The van der Waals surface area contributed by atoms with E-state index in [9.17, 15) is 4.79 Å². The van der Waals surface area contributed by atoms with Gasteiger partial charge in [-0.25, -0.2) is 4.79 Å². The highest BCUT2D eigenvalue weighted by atomic mass is 16.7. The summed E-state index contributed by atoms with van der Waals surface area (Å²) in [5.74, 6) is 2.00. The summed E-state index contributed by atoms with van der Waals surface area (Å²) in [6.07, 6.45) is 2.70. The van der Waals surface area contributed by atoms with Crippen molar-refractivity contribution < 1.29 is 28.5 Å². The minimum atomic E-state index is -0.615. The largest absolute Gasteiger partial charge is 0.493 e. The molecule has 0 radical (unpaired) electrons. The van der Waals surface area contributed by atoms with Crippen LogP contribution in [0.2, 0.25) is 0 Å². The number of fused-ring (bicyclic) bond motifs is 2. The number of hydrogen-bond donors (Lipinski definition) is 0. The van der Waals surface area contributed by atoms with E-state index in [0.717, 1.165) is 39.5 Å². The van der Waals surface area contributed by atoms with Gasteiger partial charge in [0, 0.05) is 31.1 Å². The Morgan fingerprint density at radius 3 is 2.17 bits per heavy atom. The van der Waals surface area contributed by atoms with Gasteiger partial charge in [0.05, 0.1) is 13.2 Å². The van der Waals surface area contributed by atoms with Crippen molar-refractivity contribution in [2.45, 2.75) is 25.9 Å². The lowest BCUT2D eigenvalue weighted by Gasteiger charge is -2.21. The fraction of sp³-hybridized carbons (Fsp3) is 0.276. The highest BCUT2D eigenvalue weighted by Gasteiger charge is 2.20. The molecule has 6 nitrogen and oxygen atoms in total. The summed E-state index contributed by atoms with van der Waals surface area (Å²) in [6.45, 7) is 2.80. The Hall–Kier alpha value is -3.77. The molecule has 0 spiro atoms. The molecule has 0 aromatic heterocycles. The van der Waals surface area contributed by atoms with Crippen LogP contribution in [0, 0.1) is 0 Å². The van der Waals surface area contributed by atoms with E-state index in [0.29, 0.717) is 26.1 Å². The Morgan fingerprint density at radius 1 is 0.943 bits per heavy atom. The molecular formula is C29H30O6. The van der Waals surface area contributed by atoms with E-state index >= 15 is 0 Å². The Kier molecular flexibility index (Phi) is 8.41. The standard InChI is InChI=1S/C29H30O6/c1-3-32-29(30)28(31-2)19-21-14-16-22(17-15-21)33-18-8-11-23-24-9-4-6-12-26(24)34-20-35-27-13-7-5-10-25(23)27/h4-7,9-17,28H,3,8,18-20H2,1-2H3. The van der Waals surface area contributed by atoms with Crippen LogP contribution >= 0.6 is 0 Å². The van der Waals surface area contributed by atoms with Crippen LogP contribution < -0.4 is 14.2 Å². The van der Waals surface area contributed by atoms with Crippen LogP contribution in [0.3, 0.4) is 0 Å². The zero-order chi connectivity index (χ0) is 24.5. The quantitative estimate of drug-likeness (QED) is 0.304. The number of ether oxygens (including phenoxy) is 5. The van der Waals surface area contributed by atoms with Crippen LogP contribution in [-0.2, 0) is 20.7 Å². The van der Waals surface area contributed by atoms with Crippen LogP contribution in [0.4, 0.5) is 0 Å². The molecule has 0 N–H and O–H groups in total. The Bertz CT molecular complexity index is 1100. The van der Waals surface area contributed by atoms with E-state index in [-0.39, 0.29) is 12.8 Å². The van der Waals surface area contributed by atoms with Gasteiger partial charge in [0.2, 0.25) is 6.79 Å². The van der Waals surface area contributed by atoms with Crippen LogP contribution in [0.25, 0.3) is 5.57 Å². The lowest BCUT2D eigenvalue weighted by Crippen LogP contribution is -2.27. The number of esters is 1. The third-order valence-electron chi connectivity index (χ3n) is 5.70. The minimum absolute atomic E-state index is 0.172. The molecule has 3 aromatic carbocycles. The predicted octanol–water partition coefficient (Wildman–Crippen LogP) is 5.44. The third kappa shape index (κ3) is 6.22. The van der Waals surface area contributed by atoms with Gasteiger partial charge in [0.25, 0.3) is 0 Å². The van der Waals surface area contributed by atoms with Gasteiger partial charge in [-0.1, -0.05) is 54.6 Å². The van der Waals surface area contributed by atoms with Crippen molar-refractivity contribution in [3.8, 4) is 17.2 Å². The molecule has 0 bridgehead atoms. The van der Waals surface area contributed by atoms with Crippen molar-refractivity contribution in [2.75, 3.05) is 27.1 Å². The predicted molar refractivity (Wildman–Crippen MR) is 134 cm³/mol. The van der Waals surface area contributed by atoms with Gasteiger partial charge in [-0.15, -0.1) is 0 Å². The summed E-state index contributed by atoms with van der Waals surface area (Å²) in [6, 6.07) is 23.7. The number of hydrogen-bond acceptors (Lipinski definition) is 6. The number of carbonyl (C=O) groups is 1. The zero-order valence-electron chi connectivity index (χ0n) is 20.1. The van der Waals surface area contributed by atoms with Crippen molar-refractivity contribution in [3.05, 3.63) is 95.6 Å². The Labute approximate surface area is 206 Å². The SMILES string of the molecule is CCOC(=O)C(Cc1ccc(OCCC=C2c3ccccc3OCOc3ccccc32)cc1)OC. The molecule has 3 aromatic rings. The van der Waals surface area contributed by atoms with Gasteiger partial charge in [-0.05, 0) is 42.3 Å². The second kappa shape index (κ2) is 12.1. The molecule has 0 saturated heterocycles. The van der Waals surface area contributed by atoms with E-state index < -0.39 is 6.10 Å². The molecule has 1 unspecified atom stereocenters. The van der Waals surface area contributed by atoms with Crippen molar-refractivity contribution in [3.63, 3.8) is 0 Å². The molecule has 1 heterocycles. The molecule has 0 fully saturated rings. The summed E-state index contributed by atoms with van der Waals surface area (Å²) in [7, 11) is 1.51. The minimum Gasteiger partial charge on any atom is -0.493 e. The van der Waals surface area contributed by atoms with E-state index in [1.807, 2.05) is 60.7 Å². The van der Waals surface area contributed by atoms with E-state index in [2.05, 4.69) is 18.2 Å². The molecule has 0 aliphatic carbocycles. The third-order valence-corrected chi connectivity index (χ3v) is 5.70. The first kappa shape index (κ1) is 24.4. The number of para-hydroxylation sites is 2. The molecule has 1 atom stereocenters. The van der Waals surface area contributed by atoms with Crippen LogP contribution in [0.15, 0.2) is 78.9 Å². The van der Waals surface area contributed by atoms with Crippen molar-refractivity contribution >= 4 is 11.5 Å². The van der Waals surface area contributed by atoms with Gasteiger partial charge in [0.15, 0.2) is 6.10 Å². The number of methoxy groups -OCH3 is 1. The number of carbonyl (C=O) groups excluding carboxylic acids is 1. The van der Waals surface area contributed by atoms with Gasteiger partial charge < -0.3 is 23.7 Å². The topological polar surface area (TPSA) is 63.2 Å². The smallest absolute Gasteiger partial charge is 0.335 e. The first-order chi connectivity index (χ1) is 17.2. The molecule has 182 valence electrons. The maximum atomic E-state index is 12.0. The monoisotopic (exact) mass is 474 g/mol. The molecule has 0 amide bonds. The second-order valence-electron chi connectivity index (χ2n) is 7.98. The Morgan fingerprint density at radius 2 is 1.57 bits per heavy atom. The van der Waals surface area contributed by atoms with E-state index in [1.54, 1.807) is 6.92 Å². The van der Waals surface area contributed by atoms with Gasteiger partial charge >= 0.3 is 5.97 Å². The summed E-state index contributed by atoms with van der Waals surface area (Å²) in [4.78, 5) is 12.0. The Balaban J connectivity index is 1.41. The molecular weight excluding hydrogens is 444 g/mol. The maximum absolute atomic E-state index is 12.0. The first-order valence-corrected chi connectivity index (χ1v) is 11.7. The van der Waals surface area contributed by atoms with Crippen LogP contribution in [-0.4, -0.2) is 39.2 Å². The summed E-state index contributed by atoms with van der Waals surface area (Å²) in [5.41, 5.74) is 4.09. The maximum Gasteiger partial charge on any atom is 0.335 e. The van der Waals surface area contributed by atoms with Crippen molar-refractivity contribution in [1.29, 1.82) is 0 Å². The normalized spacial score (nSPS) is 13.1. The van der Waals surface area contributed by atoms with Crippen LogP contribution in [0.1, 0.15) is 30.0 Å². The fourth-order valence-corrected chi connectivity index (χ4v) is 3.97. The highest BCUT2D eigenvalue weighted by Crippen LogP contribution is 2.37. The first-order valence-electron chi connectivity index (χ1n) is 11.7. The summed E-state index contributed by atoms with van der Waals surface area (Å²) in [5, 5.41) is 0. The lowest BCUT2D eigenvalue weighted by molar-refractivity contribution is -0.154. The molecule has 35 heavy (non-hydrogen) atoms. The van der Waals surface area contributed by atoms with Gasteiger partial charge in [0.1, 0.15) is 17.2 Å². The fourth-order valence-electron chi connectivity index (χ4n) is 3.97. The second-order valence-corrected chi connectivity index (χ2v) is 7.98. The molecule has 0 saturated carbocycles. The van der Waals surface area contributed by atoms with E-state index in [1.165, 1.54) is 7.11 Å². The highest BCUT2D eigenvalue weighted by molar-refractivity contribution is 5.85. The summed E-state index contributed by atoms with van der Waals surface area (Å²) >= 11 is 0. The average molecular weight is 475 g/mol. The number of benzene rings is 3. The lowest BCUT2D eigenvalue weighted by atomic mass is 9.95.